The summed E-state index contributed by atoms with van der Waals surface area (Å²) in [5.41, 5.74) is 1.16. The van der Waals surface area contributed by atoms with Crippen LogP contribution in [0.4, 0.5) is 5.69 Å². The predicted octanol–water partition coefficient (Wildman–Crippen LogP) is 2.65. The van der Waals surface area contributed by atoms with Crippen molar-refractivity contribution < 1.29 is 9.59 Å². The third kappa shape index (κ3) is 5.20. The van der Waals surface area contributed by atoms with Gasteiger partial charge in [0.1, 0.15) is 0 Å². The van der Waals surface area contributed by atoms with Crippen LogP contribution in [0.3, 0.4) is 0 Å². The van der Waals surface area contributed by atoms with Gasteiger partial charge in [-0.05, 0) is 30.0 Å². The first kappa shape index (κ1) is 19.2. The van der Waals surface area contributed by atoms with Gasteiger partial charge in [0, 0.05) is 36.2 Å². The van der Waals surface area contributed by atoms with Gasteiger partial charge in [-0.3, -0.25) is 14.4 Å². The van der Waals surface area contributed by atoms with Crippen molar-refractivity contribution in [1.82, 2.24) is 9.88 Å². The van der Waals surface area contributed by atoms with Crippen LogP contribution >= 0.6 is 11.6 Å². The Balaban J connectivity index is 1.55. The molecule has 2 amide bonds. The Bertz CT molecular complexity index is 909. The number of pyridine rings is 1. The molecule has 1 fully saturated rings. The number of halogens is 1. The Labute approximate surface area is 162 Å². The highest BCUT2D eigenvalue weighted by Gasteiger charge is 2.38. The molecule has 2 atom stereocenters. The third-order valence-corrected chi connectivity index (χ3v) is 5.03. The number of amides is 2. The van der Waals surface area contributed by atoms with Crippen molar-refractivity contribution in [3.8, 4) is 0 Å². The van der Waals surface area contributed by atoms with Crippen molar-refractivity contribution in [2.24, 2.45) is 11.8 Å². The van der Waals surface area contributed by atoms with E-state index in [-0.39, 0.29) is 29.7 Å². The van der Waals surface area contributed by atoms with Gasteiger partial charge >= 0.3 is 0 Å². The number of carbonyl (C=O) groups is 2. The Morgan fingerprint density at radius 3 is 2.67 bits per heavy atom. The molecule has 1 aromatic carbocycles. The van der Waals surface area contributed by atoms with Gasteiger partial charge in [0.2, 0.25) is 11.8 Å². The average Bonchev–Trinajstić information content (AvgIpc) is 3.36. The van der Waals surface area contributed by atoms with E-state index in [9.17, 15) is 14.4 Å². The number of benzene rings is 1. The molecular weight excluding hydrogens is 366 g/mol. The Morgan fingerprint density at radius 1 is 1.22 bits per heavy atom. The van der Waals surface area contributed by atoms with Crippen LogP contribution in [-0.4, -0.2) is 22.9 Å². The molecule has 0 bridgehead atoms. The Kier molecular flexibility index (Phi) is 5.96. The number of anilines is 1. The van der Waals surface area contributed by atoms with Crippen LogP contribution in [0.2, 0.25) is 5.02 Å². The zero-order valence-corrected chi connectivity index (χ0v) is 15.8. The number of aromatic nitrogens is 1. The van der Waals surface area contributed by atoms with Gasteiger partial charge in [0.15, 0.2) is 0 Å². The lowest BCUT2D eigenvalue weighted by molar-refractivity contribution is -0.122. The van der Waals surface area contributed by atoms with E-state index in [1.165, 1.54) is 10.6 Å². The van der Waals surface area contributed by atoms with Gasteiger partial charge in [-0.2, -0.15) is 0 Å². The van der Waals surface area contributed by atoms with Crippen LogP contribution in [0.5, 0.6) is 0 Å². The molecule has 0 saturated heterocycles. The molecule has 6 nitrogen and oxygen atoms in total. The zero-order valence-electron chi connectivity index (χ0n) is 15.1. The fraction of sp³-hybridized carbons (Fsp3) is 0.350. The van der Waals surface area contributed by atoms with Gasteiger partial charge < -0.3 is 15.2 Å². The molecule has 2 unspecified atom stereocenters. The van der Waals surface area contributed by atoms with Crippen molar-refractivity contribution in [2.45, 2.75) is 26.3 Å². The third-order valence-electron chi connectivity index (χ3n) is 4.66. The molecule has 2 N–H and O–H groups in total. The molecule has 27 heavy (non-hydrogen) atoms. The van der Waals surface area contributed by atoms with Crippen LogP contribution in [0, 0.1) is 11.8 Å². The minimum atomic E-state index is -0.220. The maximum atomic E-state index is 12.1. The number of carbonyl (C=O) groups excluding carboxylic acids is 2. The van der Waals surface area contributed by atoms with Crippen LogP contribution in [0.1, 0.15) is 25.3 Å². The van der Waals surface area contributed by atoms with E-state index in [4.69, 9.17) is 11.6 Å². The summed E-state index contributed by atoms with van der Waals surface area (Å²) in [6.07, 6.45) is 2.69. The fourth-order valence-electron chi connectivity index (χ4n) is 2.88. The minimum absolute atomic E-state index is 0.0172. The monoisotopic (exact) mass is 387 g/mol. The van der Waals surface area contributed by atoms with E-state index in [1.54, 1.807) is 18.3 Å². The fourth-order valence-corrected chi connectivity index (χ4v) is 3.08. The van der Waals surface area contributed by atoms with Crippen molar-refractivity contribution in [1.29, 1.82) is 0 Å². The van der Waals surface area contributed by atoms with Gasteiger partial charge in [0.05, 0.1) is 12.2 Å². The molecule has 1 saturated carbocycles. The van der Waals surface area contributed by atoms with E-state index >= 15 is 0 Å². The standard InChI is InChI=1S/C20H22ClN3O3/c1-13-10-16(13)20(27)22-9-8-18(25)23-15-6-7-19(26)24(12-15)11-14-4-2-3-5-17(14)21/h2-7,12-13,16H,8-11H2,1H3,(H,22,27)(H,23,25). The Morgan fingerprint density at radius 2 is 1.96 bits per heavy atom. The van der Waals surface area contributed by atoms with E-state index in [2.05, 4.69) is 10.6 Å². The van der Waals surface area contributed by atoms with Crippen molar-refractivity contribution in [2.75, 3.05) is 11.9 Å². The van der Waals surface area contributed by atoms with Crippen molar-refractivity contribution >= 4 is 29.1 Å². The highest BCUT2D eigenvalue weighted by Crippen LogP contribution is 2.37. The summed E-state index contributed by atoms with van der Waals surface area (Å²) in [5.74, 6) is 0.338. The highest BCUT2D eigenvalue weighted by molar-refractivity contribution is 6.31. The molecule has 1 heterocycles. The summed E-state index contributed by atoms with van der Waals surface area (Å²) in [4.78, 5) is 35.9. The van der Waals surface area contributed by atoms with E-state index in [1.807, 2.05) is 25.1 Å². The topological polar surface area (TPSA) is 80.2 Å². The molecule has 142 valence electrons. The van der Waals surface area contributed by atoms with Gasteiger partial charge in [-0.25, -0.2) is 0 Å². The zero-order chi connectivity index (χ0) is 19.4. The summed E-state index contributed by atoms with van der Waals surface area (Å²) in [6, 6.07) is 10.3. The molecule has 2 aromatic rings. The maximum Gasteiger partial charge on any atom is 0.250 e. The SMILES string of the molecule is CC1CC1C(=O)NCCC(=O)Nc1ccc(=O)n(Cc2ccccc2Cl)c1. The predicted molar refractivity (Wildman–Crippen MR) is 105 cm³/mol. The Hall–Kier alpha value is -2.60. The van der Waals surface area contributed by atoms with Crippen LogP contribution in [-0.2, 0) is 16.1 Å². The summed E-state index contributed by atoms with van der Waals surface area (Å²) in [7, 11) is 0. The molecule has 0 spiro atoms. The lowest BCUT2D eigenvalue weighted by Crippen LogP contribution is -2.29. The molecule has 3 rings (SSSR count). The molecule has 1 aliphatic carbocycles. The molecule has 1 aromatic heterocycles. The number of hydrogen-bond donors (Lipinski definition) is 2. The van der Waals surface area contributed by atoms with Gasteiger partial charge in [0.25, 0.3) is 5.56 Å². The molecule has 0 radical (unpaired) electrons. The molecule has 0 aliphatic heterocycles. The largest absolute Gasteiger partial charge is 0.355 e. The lowest BCUT2D eigenvalue weighted by atomic mass is 10.2. The van der Waals surface area contributed by atoms with Crippen molar-refractivity contribution in [3.05, 3.63) is 63.5 Å². The van der Waals surface area contributed by atoms with Crippen LogP contribution in [0.15, 0.2) is 47.4 Å². The average molecular weight is 388 g/mol. The second-order valence-corrected chi connectivity index (χ2v) is 7.29. The van der Waals surface area contributed by atoms with E-state index in [0.717, 1.165) is 12.0 Å². The van der Waals surface area contributed by atoms with Crippen molar-refractivity contribution in [3.63, 3.8) is 0 Å². The summed E-state index contributed by atoms with van der Waals surface area (Å²) in [5, 5.41) is 6.12. The summed E-state index contributed by atoms with van der Waals surface area (Å²) in [6.45, 7) is 2.65. The first-order valence-electron chi connectivity index (χ1n) is 8.95. The minimum Gasteiger partial charge on any atom is -0.355 e. The quantitative estimate of drug-likeness (QED) is 0.766. The normalized spacial score (nSPS) is 18.0. The number of nitrogens with one attached hydrogen (secondary N) is 2. The highest BCUT2D eigenvalue weighted by atomic mass is 35.5. The van der Waals surface area contributed by atoms with Gasteiger partial charge in [-0.15, -0.1) is 0 Å². The lowest BCUT2D eigenvalue weighted by Gasteiger charge is -2.11. The molecule has 1 aliphatic rings. The first-order valence-corrected chi connectivity index (χ1v) is 9.33. The smallest absolute Gasteiger partial charge is 0.250 e. The molecule has 7 heteroatoms. The number of hydrogen-bond acceptors (Lipinski definition) is 3. The van der Waals surface area contributed by atoms with E-state index in [0.29, 0.717) is 29.7 Å². The number of nitrogens with zero attached hydrogens (tertiary/aromatic N) is 1. The van der Waals surface area contributed by atoms with Crippen LogP contribution in [0.25, 0.3) is 0 Å². The van der Waals surface area contributed by atoms with E-state index < -0.39 is 0 Å². The summed E-state index contributed by atoms with van der Waals surface area (Å²) < 4.78 is 1.49. The first-order chi connectivity index (χ1) is 12.9. The summed E-state index contributed by atoms with van der Waals surface area (Å²) >= 11 is 6.15. The maximum absolute atomic E-state index is 12.1. The van der Waals surface area contributed by atoms with Gasteiger partial charge in [-0.1, -0.05) is 36.7 Å². The van der Waals surface area contributed by atoms with Crippen LogP contribution < -0.4 is 16.2 Å². The second kappa shape index (κ2) is 8.39. The number of rotatable bonds is 7. The molecular formula is C20H22ClN3O3. The second-order valence-electron chi connectivity index (χ2n) is 6.88.